The molecule has 0 aliphatic carbocycles. The highest BCUT2D eigenvalue weighted by Gasteiger charge is 2.42. The molecule has 4 heterocycles. The van der Waals surface area contributed by atoms with Crippen LogP contribution in [0.15, 0.2) is 40.2 Å². The van der Waals surface area contributed by atoms with Gasteiger partial charge in [0.1, 0.15) is 5.60 Å². The van der Waals surface area contributed by atoms with Gasteiger partial charge in [0.15, 0.2) is 11.2 Å². The summed E-state index contributed by atoms with van der Waals surface area (Å²) in [7, 11) is 2.87. The Morgan fingerprint density at radius 2 is 1.90 bits per heavy atom. The third kappa shape index (κ3) is 4.51. The fraction of sp³-hybridized carbons (Fsp3) is 0.480. The number of carbonyl (C=O) groups is 1. The van der Waals surface area contributed by atoms with Crippen molar-refractivity contribution >= 4 is 28.1 Å². The second-order valence-corrected chi connectivity index (χ2v) is 10.2. The number of piperidine rings is 1. The highest BCUT2D eigenvalue weighted by atomic mass is 19.4. The number of halogens is 3. The minimum absolute atomic E-state index is 0.0127. The van der Waals surface area contributed by atoms with Crippen molar-refractivity contribution in [3.8, 4) is 0 Å². The third-order valence-corrected chi connectivity index (χ3v) is 7.44. The third-order valence-electron chi connectivity index (χ3n) is 7.44. The molecule has 1 aromatic carbocycles. The maximum absolute atomic E-state index is 13.6. The molecule has 4 aromatic rings. The number of hydrogen-bond donors (Lipinski definition) is 1. The number of alkyl halides is 3. The van der Waals surface area contributed by atoms with Gasteiger partial charge in [-0.15, -0.1) is 0 Å². The molecule has 0 bridgehead atoms. The Bertz CT molecular complexity index is 1700. The number of benzene rings is 1. The van der Waals surface area contributed by atoms with Gasteiger partial charge in [0.2, 0.25) is 11.7 Å². The summed E-state index contributed by atoms with van der Waals surface area (Å²) in [4.78, 5) is 47.5. The first kappa shape index (κ1) is 26.7. The summed E-state index contributed by atoms with van der Waals surface area (Å²) < 4.78 is 45.5. The van der Waals surface area contributed by atoms with Crippen LogP contribution in [0.25, 0.3) is 22.2 Å². The Kier molecular flexibility index (Phi) is 6.40. The van der Waals surface area contributed by atoms with E-state index in [9.17, 15) is 32.7 Å². The van der Waals surface area contributed by atoms with E-state index in [-0.39, 0.29) is 55.1 Å². The standard InChI is InChI=1S/C25H28F3N7O4/c1-24(39)13-33(12-10-17(24)35-14-29-20-19(35)21(37)32(3)23(38)31(20)2)18(36)9-6-11-34-16-8-5-4-7-15(16)30-22(34)25(26,27)28/h4-5,7-8,14,17,39H,6,9-13H2,1-3H3/t17-,24-/m1/s1. The molecule has 0 radical (unpaired) electrons. The Hall–Kier alpha value is -3.94. The van der Waals surface area contributed by atoms with E-state index in [0.29, 0.717) is 11.9 Å². The molecular formula is C25H28F3N7O4. The number of para-hydroxylation sites is 2. The van der Waals surface area contributed by atoms with Gasteiger partial charge in [0.05, 0.1) is 29.9 Å². The van der Waals surface area contributed by atoms with E-state index >= 15 is 0 Å². The number of likely N-dealkylation sites (tertiary alicyclic amines) is 1. The molecule has 1 aliphatic heterocycles. The second-order valence-electron chi connectivity index (χ2n) is 10.2. The highest BCUT2D eigenvalue weighted by molar-refractivity contribution is 5.77. The molecule has 2 atom stereocenters. The van der Waals surface area contributed by atoms with E-state index in [4.69, 9.17) is 0 Å². The summed E-state index contributed by atoms with van der Waals surface area (Å²) in [5.41, 5.74) is -1.54. The average molecular weight is 548 g/mol. The number of fused-ring (bicyclic) bond motifs is 2. The molecule has 11 nitrogen and oxygen atoms in total. The van der Waals surface area contributed by atoms with Gasteiger partial charge in [-0.25, -0.2) is 14.8 Å². The van der Waals surface area contributed by atoms with Crippen LogP contribution in [-0.2, 0) is 31.6 Å². The predicted molar refractivity (Wildman–Crippen MR) is 135 cm³/mol. The van der Waals surface area contributed by atoms with E-state index < -0.39 is 34.9 Å². The maximum atomic E-state index is 13.6. The summed E-state index contributed by atoms with van der Waals surface area (Å²) in [6, 6.07) is 5.73. The van der Waals surface area contributed by atoms with Gasteiger partial charge in [0.25, 0.3) is 5.56 Å². The van der Waals surface area contributed by atoms with Crippen molar-refractivity contribution in [2.75, 3.05) is 13.1 Å². The molecule has 1 fully saturated rings. The summed E-state index contributed by atoms with van der Waals surface area (Å²) in [5.74, 6) is -1.29. The zero-order chi connectivity index (χ0) is 28.3. The van der Waals surface area contributed by atoms with Crippen LogP contribution in [0.3, 0.4) is 0 Å². The lowest BCUT2D eigenvalue weighted by Crippen LogP contribution is -2.54. The molecule has 1 amide bonds. The summed E-state index contributed by atoms with van der Waals surface area (Å²) in [6.45, 7) is 1.75. The van der Waals surface area contributed by atoms with Gasteiger partial charge < -0.3 is 19.1 Å². The van der Waals surface area contributed by atoms with Crippen LogP contribution in [-0.4, -0.2) is 62.8 Å². The molecule has 0 spiro atoms. The molecule has 5 rings (SSSR count). The number of β-amino-alcohol motifs (C(OH)–C–C–N with tert-alkyl or cyclic N) is 1. The number of rotatable bonds is 5. The lowest BCUT2D eigenvalue weighted by Gasteiger charge is -2.43. The van der Waals surface area contributed by atoms with Gasteiger partial charge >= 0.3 is 11.9 Å². The Labute approximate surface area is 219 Å². The summed E-state index contributed by atoms with van der Waals surface area (Å²) >= 11 is 0. The van der Waals surface area contributed by atoms with E-state index in [1.54, 1.807) is 29.7 Å². The van der Waals surface area contributed by atoms with Crippen molar-refractivity contribution in [1.29, 1.82) is 0 Å². The molecule has 3 aromatic heterocycles. The Balaban J connectivity index is 1.30. The second kappa shape index (κ2) is 9.36. The lowest BCUT2D eigenvalue weighted by atomic mass is 9.88. The molecule has 208 valence electrons. The average Bonchev–Trinajstić information content (AvgIpc) is 3.48. The van der Waals surface area contributed by atoms with Crippen molar-refractivity contribution in [3.63, 3.8) is 0 Å². The molecule has 0 saturated carbocycles. The number of imidazole rings is 2. The number of aliphatic hydroxyl groups is 1. The van der Waals surface area contributed by atoms with Crippen LogP contribution >= 0.6 is 0 Å². The molecular weight excluding hydrogens is 519 g/mol. The van der Waals surface area contributed by atoms with Gasteiger partial charge in [-0.05, 0) is 31.9 Å². The first-order valence-corrected chi connectivity index (χ1v) is 12.5. The molecule has 1 saturated heterocycles. The quantitative estimate of drug-likeness (QED) is 0.407. The van der Waals surface area contributed by atoms with Crippen LogP contribution in [0.5, 0.6) is 0 Å². The number of aryl methyl sites for hydroxylation is 2. The van der Waals surface area contributed by atoms with Crippen LogP contribution in [0.2, 0.25) is 0 Å². The minimum Gasteiger partial charge on any atom is -0.386 e. The zero-order valence-corrected chi connectivity index (χ0v) is 21.6. The SMILES string of the molecule is Cn1c(=O)c2c(ncn2[C@@H]2CCN(C(=O)CCCn3c(C(F)(F)F)nc4ccccc43)C[C@@]2(C)O)n(C)c1=O. The lowest BCUT2D eigenvalue weighted by molar-refractivity contribution is -0.147. The van der Waals surface area contributed by atoms with Crippen LogP contribution < -0.4 is 11.2 Å². The normalized spacial score (nSPS) is 20.3. The molecule has 39 heavy (non-hydrogen) atoms. The van der Waals surface area contributed by atoms with E-state index in [1.165, 1.54) is 36.0 Å². The Morgan fingerprint density at radius 1 is 1.18 bits per heavy atom. The highest BCUT2D eigenvalue weighted by Crippen LogP contribution is 2.34. The number of hydrogen-bond acceptors (Lipinski definition) is 6. The van der Waals surface area contributed by atoms with E-state index in [1.807, 2.05) is 0 Å². The van der Waals surface area contributed by atoms with E-state index in [0.717, 1.165) is 9.13 Å². The first-order valence-electron chi connectivity index (χ1n) is 12.5. The van der Waals surface area contributed by atoms with Gasteiger partial charge in [-0.3, -0.25) is 18.7 Å². The topological polar surface area (TPSA) is 120 Å². The maximum Gasteiger partial charge on any atom is 0.449 e. The van der Waals surface area contributed by atoms with Crippen molar-refractivity contribution < 1.29 is 23.1 Å². The predicted octanol–water partition coefficient (Wildman–Crippen LogP) is 1.81. The van der Waals surface area contributed by atoms with Crippen LogP contribution in [0, 0.1) is 0 Å². The van der Waals surface area contributed by atoms with Crippen LogP contribution in [0.4, 0.5) is 13.2 Å². The molecule has 14 heteroatoms. The molecule has 1 aliphatic rings. The largest absolute Gasteiger partial charge is 0.449 e. The summed E-state index contributed by atoms with van der Waals surface area (Å²) in [5, 5.41) is 11.3. The van der Waals surface area contributed by atoms with Crippen molar-refractivity contribution in [3.05, 3.63) is 57.3 Å². The fourth-order valence-electron chi connectivity index (χ4n) is 5.48. The van der Waals surface area contributed by atoms with Crippen molar-refractivity contribution in [2.24, 2.45) is 14.1 Å². The Morgan fingerprint density at radius 3 is 2.59 bits per heavy atom. The minimum atomic E-state index is -4.63. The smallest absolute Gasteiger partial charge is 0.386 e. The number of nitrogens with zero attached hydrogens (tertiary/aromatic N) is 7. The van der Waals surface area contributed by atoms with Crippen LogP contribution in [0.1, 0.15) is 38.1 Å². The zero-order valence-electron chi connectivity index (χ0n) is 21.6. The number of amides is 1. The van der Waals surface area contributed by atoms with Crippen molar-refractivity contribution in [2.45, 2.75) is 50.6 Å². The van der Waals surface area contributed by atoms with E-state index in [2.05, 4.69) is 9.97 Å². The first-order chi connectivity index (χ1) is 18.3. The van der Waals surface area contributed by atoms with Gasteiger partial charge in [0, 0.05) is 33.6 Å². The van der Waals surface area contributed by atoms with Gasteiger partial charge in [-0.1, -0.05) is 12.1 Å². The monoisotopic (exact) mass is 547 g/mol. The molecule has 1 N–H and O–H groups in total. The number of carbonyl (C=O) groups excluding carboxylic acids is 1. The molecule has 0 unspecified atom stereocenters. The van der Waals surface area contributed by atoms with Gasteiger partial charge in [-0.2, -0.15) is 13.2 Å². The van der Waals surface area contributed by atoms with Crippen molar-refractivity contribution in [1.82, 2.24) is 33.1 Å². The summed E-state index contributed by atoms with van der Waals surface area (Å²) in [6.07, 6.45) is -2.77. The number of aromatic nitrogens is 6. The fourth-order valence-corrected chi connectivity index (χ4v) is 5.48.